The molecule has 1 aliphatic heterocycles. The molecular weight excluding hydrogens is 402 g/mol. The highest BCUT2D eigenvalue weighted by Gasteiger charge is 2.29. The Labute approximate surface area is 180 Å². The Morgan fingerprint density at radius 1 is 1.33 bits per heavy atom. The zero-order chi connectivity index (χ0) is 21.1. The van der Waals surface area contributed by atoms with Gasteiger partial charge in [0, 0.05) is 24.7 Å². The van der Waals surface area contributed by atoms with Crippen LogP contribution in [0.1, 0.15) is 36.8 Å². The van der Waals surface area contributed by atoms with Gasteiger partial charge < -0.3 is 14.7 Å². The Bertz CT molecular complexity index is 1050. The number of nitrogens with zero attached hydrogens (tertiary/aromatic N) is 4. The van der Waals surface area contributed by atoms with Crippen LogP contribution in [-0.2, 0) is 17.6 Å². The van der Waals surface area contributed by atoms with Crippen molar-refractivity contribution in [2.24, 2.45) is 5.92 Å². The average molecular weight is 428 g/mol. The molecule has 1 atom stereocenters. The van der Waals surface area contributed by atoms with Crippen LogP contribution in [0.4, 0.5) is 5.82 Å². The van der Waals surface area contributed by atoms with Gasteiger partial charge in [0.05, 0.1) is 11.6 Å². The van der Waals surface area contributed by atoms with Crippen LogP contribution in [0.3, 0.4) is 0 Å². The standard InChI is InChI=1S/C22H26ClN5O2/c1-3-18-19-20(25-14(2)26-22(19)30-27-18)28-12-6-8-16(13-28)21(29)24-11-10-15-7-4-5-9-17(15)23/h4-5,7,9,16H,3,6,8,10-13H2,1-2H3,(H,24,29)/t16-/m1/s1. The fourth-order valence-electron chi connectivity index (χ4n) is 4.01. The summed E-state index contributed by atoms with van der Waals surface area (Å²) in [6.07, 6.45) is 3.26. The number of nitrogens with one attached hydrogen (secondary N) is 1. The minimum atomic E-state index is -0.0831. The van der Waals surface area contributed by atoms with E-state index in [9.17, 15) is 4.79 Å². The van der Waals surface area contributed by atoms with Crippen molar-refractivity contribution in [3.63, 3.8) is 0 Å². The number of carbonyl (C=O) groups excluding carboxylic acids is 1. The van der Waals surface area contributed by atoms with Gasteiger partial charge in [0.25, 0.3) is 5.71 Å². The summed E-state index contributed by atoms with van der Waals surface area (Å²) in [5.74, 6) is 1.46. The molecule has 1 fully saturated rings. The van der Waals surface area contributed by atoms with Crippen molar-refractivity contribution in [1.29, 1.82) is 0 Å². The van der Waals surface area contributed by atoms with Crippen molar-refractivity contribution in [2.75, 3.05) is 24.5 Å². The number of rotatable bonds is 6. The Morgan fingerprint density at radius 2 is 2.17 bits per heavy atom. The first-order valence-electron chi connectivity index (χ1n) is 10.5. The van der Waals surface area contributed by atoms with Crippen molar-refractivity contribution in [2.45, 2.75) is 39.5 Å². The number of carbonyl (C=O) groups is 1. The molecule has 2 aromatic heterocycles. The third kappa shape index (κ3) is 4.26. The van der Waals surface area contributed by atoms with E-state index in [2.05, 4.69) is 25.3 Å². The second-order valence-corrected chi connectivity index (χ2v) is 8.08. The molecule has 3 heterocycles. The fourth-order valence-corrected chi connectivity index (χ4v) is 4.24. The molecule has 0 aliphatic carbocycles. The van der Waals surface area contributed by atoms with E-state index >= 15 is 0 Å². The summed E-state index contributed by atoms with van der Waals surface area (Å²) < 4.78 is 5.41. The first kappa shape index (κ1) is 20.6. The number of amides is 1. The number of benzene rings is 1. The van der Waals surface area contributed by atoms with Crippen molar-refractivity contribution < 1.29 is 9.32 Å². The number of aryl methyl sites for hydroxylation is 2. The van der Waals surface area contributed by atoms with Gasteiger partial charge in [0.2, 0.25) is 5.91 Å². The number of aromatic nitrogens is 3. The average Bonchev–Trinajstić information content (AvgIpc) is 3.17. The van der Waals surface area contributed by atoms with Gasteiger partial charge in [-0.3, -0.25) is 4.79 Å². The van der Waals surface area contributed by atoms with Gasteiger partial charge in [-0.25, -0.2) is 4.98 Å². The number of halogens is 1. The molecule has 0 radical (unpaired) electrons. The third-order valence-electron chi connectivity index (χ3n) is 5.58. The molecule has 30 heavy (non-hydrogen) atoms. The second kappa shape index (κ2) is 9.00. The van der Waals surface area contributed by atoms with Gasteiger partial charge in [-0.2, -0.15) is 4.98 Å². The zero-order valence-electron chi connectivity index (χ0n) is 17.3. The minimum Gasteiger partial charge on any atom is -0.355 e. The van der Waals surface area contributed by atoms with E-state index in [0.29, 0.717) is 31.0 Å². The lowest BCUT2D eigenvalue weighted by Gasteiger charge is -2.33. The van der Waals surface area contributed by atoms with Gasteiger partial charge in [-0.05, 0) is 44.2 Å². The van der Waals surface area contributed by atoms with Crippen LogP contribution < -0.4 is 10.2 Å². The van der Waals surface area contributed by atoms with Gasteiger partial charge in [0.1, 0.15) is 17.0 Å². The molecular formula is C22H26ClN5O2. The monoisotopic (exact) mass is 427 g/mol. The molecule has 1 amide bonds. The van der Waals surface area contributed by atoms with Crippen LogP contribution in [0.25, 0.3) is 11.1 Å². The van der Waals surface area contributed by atoms with E-state index in [1.165, 1.54) is 0 Å². The largest absolute Gasteiger partial charge is 0.355 e. The predicted molar refractivity (Wildman–Crippen MR) is 117 cm³/mol. The molecule has 158 valence electrons. The number of hydrogen-bond donors (Lipinski definition) is 1. The minimum absolute atomic E-state index is 0.0785. The Hall–Kier alpha value is -2.67. The highest BCUT2D eigenvalue weighted by Crippen LogP contribution is 2.31. The summed E-state index contributed by atoms with van der Waals surface area (Å²) in [6.45, 7) is 5.93. The third-order valence-corrected chi connectivity index (χ3v) is 5.95. The molecule has 8 heteroatoms. The lowest BCUT2D eigenvalue weighted by atomic mass is 9.96. The highest BCUT2D eigenvalue weighted by molar-refractivity contribution is 6.31. The van der Waals surface area contributed by atoms with Crippen LogP contribution in [0.15, 0.2) is 28.8 Å². The molecule has 0 unspecified atom stereocenters. The lowest BCUT2D eigenvalue weighted by Crippen LogP contribution is -2.44. The molecule has 4 rings (SSSR count). The SMILES string of the molecule is CCc1noc2nc(C)nc(N3CCC[C@@H](C(=O)NCCc4ccccc4Cl)C3)c12. The van der Waals surface area contributed by atoms with E-state index in [4.69, 9.17) is 16.1 Å². The van der Waals surface area contributed by atoms with E-state index < -0.39 is 0 Å². The molecule has 1 aliphatic rings. The lowest BCUT2D eigenvalue weighted by molar-refractivity contribution is -0.125. The van der Waals surface area contributed by atoms with E-state index in [1.807, 2.05) is 38.1 Å². The van der Waals surface area contributed by atoms with Crippen LogP contribution in [-0.4, -0.2) is 40.7 Å². The van der Waals surface area contributed by atoms with E-state index in [0.717, 1.165) is 53.3 Å². The van der Waals surface area contributed by atoms with Crippen molar-refractivity contribution in [3.05, 3.63) is 46.4 Å². The normalized spacial score (nSPS) is 16.8. The molecule has 3 aromatic rings. The maximum atomic E-state index is 12.8. The van der Waals surface area contributed by atoms with Gasteiger partial charge in [0.15, 0.2) is 0 Å². The van der Waals surface area contributed by atoms with Crippen molar-refractivity contribution in [3.8, 4) is 0 Å². The van der Waals surface area contributed by atoms with Crippen LogP contribution in [0.5, 0.6) is 0 Å². The van der Waals surface area contributed by atoms with Crippen LogP contribution in [0, 0.1) is 12.8 Å². The highest BCUT2D eigenvalue weighted by atomic mass is 35.5. The summed E-state index contributed by atoms with van der Waals surface area (Å²) in [5, 5.41) is 8.82. The zero-order valence-corrected chi connectivity index (χ0v) is 18.1. The van der Waals surface area contributed by atoms with Gasteiger partial charge >= 0.3 is 0 Å². The molecule has 1 aromatic carbocycles. The first-order valence-corrected chi connectivity index (χ1v) is 10.8. The summed E-state index contributed by atoms with van der Waals surface area (Å²) >= 11 is 6.21. The topological polar surface area (TPSA) is 84.2 Å². The molecule has 1 N–H and O–H groups in total. The van der Waals surface area contributed by atoms with E-state index in [-0.39, 0.29) is 11.8 Å². The molecule has 1 saturated heterocycles. The number of fused-ring (bicyclic) bond motifs is 1. The summed E-state index contributed by atoms with van der Waals surface area (Å²) in [4.78, 5) is 24.0. The quantitative estimate of drug-likeness (QED) is 0.645. The second-order valence-electron chi connectivity index (χ2n) is 7.68. The molecule has 0 bridgehead atoms. The first-order chi connectivity index (χ1) is 14.6. The number of piperidine rings is 1. The van der Waals surface area contributed by atoms with Crippen LogP contribution >= 0.6 is 11.6 Å². The summed E-state index contributed by atoms with van der Waals surface area (Å²) in [7, 11) is 0. The Balaban J connectivity index is 1.44. The molecule has 7 nitrogen and oxygen atoms in total. The Morgan fingerprint density at radius 3 is 2.97 bits per heavy atom. The van der Waals surface area contributed by atoms with Crippen LogP contribution in [0.2, 0.25) is 5.02 Å². The van der Waals surface area contributed by atoms with Gasteiger partial charge in [-0.1, -0.05) is 41.9 Å². The number of anilines is 1. The summed E-state index contributed by atoms with van der Waals surface area (Å²) in [5.41, 5.74) is 2.41. The maximum Gasteiger partial charge on any atom is 0.263 e. The van der Waals surface area contributed by atoms with Crippen molar-refractivity contribution >= 4 is 34.4 Å². The van der Waals surface area contributed by atoms with E-state index in [1.54, 1.807) is 0 Å². The Kier molecular flexibility index (Phi) is 6.18. The maximum absolute atomic E-state index is 12.8. The summed E-state index contributed by atoms with van der Waals surface area (Å²) in [6, 6.07) is 7.73. The fraction of sp³-hybridized carbons (Fsp3) is 0.455. The van der Waals surface area contributed by atoms with Crippen molar-refractivity contribution in [1.82, 2.24) is 20.4 Å². The molecule has 0 saturated carbocycles. The van der Waals surface area contributed by atoms with Gasteiger partial charge in [-0.15, -0.1) is 0 Å². The smallest absolute Gasteiger partial charge is 0.263 e. The predicted octanol–water partition coefficient (Wildman–Crippen LogP) is 3.72. The number of hydrogen-bond acceptors (Lipinski definition) is 6. The molecule has 0 spiro atoms.